The molecule has 25 heavy (non-hydrogen) atoms. The fourth-order valence-corrected chi connectivity index (χ4v) is 3.97. The second-order valence-corrected chi connectivity index (χ2v) is 7.22. The van der Waals surface area contributed by atoms with Crippen molar-refractivity contribution < 1.29 is 19.1 Å². The summed E-state index contributed by atoms with van der Waals surface area (Å²) in [5, 5.41) is 0. The van der Waals surface area contributed by atoms with Crippen LogP contribution < -0.4 is 0 Å². The van der Waals surface area contributed by atoms with Crippen molar-refractivity contribution in [2.45, 2.75) is 56.3 Å². The number of hydrogen-bond acceptors (Lipinski definition) is 5. The van der Waals surface area contributed by atoms with Gasteiger partial charge in [-0.3, -0.25) is 14.4 Å². The predicted molar refractivity (Wildman–Crippen MR) is 98.3 cm³/mol. The number of hydrogen-bond donors (Lipinski definition) is 0. The van der Waals surface area contributed by atoms with E-state index in [-0.39, 0.29) is 17.5 Å². The van der Waals surface area contributed by atoms with Crippen molar-refractivity contribution in [2.75, 3.05) is 7.11 Å². The van der Waals surface area contributed by atoms with E-state index in [2.05, 4.69) is 4.74 Å². The molecule has 134 valence electrons. The van der Waals surface area contributed by atoms with Crippen LogP contribution in [0, 0.1) is 0 Å². The zero-order chi connectivity index (χ0) is 18.1. The Balaban J connectivity index is 1.95. The van der Waals surface area contributed by atoms with E-state index in [1.54, 1.807) is 0 Å². The van der Waals surface area contributed by atoms with Crippen molar-refractivity contribution in [1.82, 2.24) is 0 Å². The third-order valence-corrected chi connectivity index (χ3v) is 5.30. The monoisotopic (exact) mass is 360 g/mol. The fraction of sp³-hybridized carbons (Fsp3) is 0.450. The Kier molecular flexibility index (Phi) is 7.92. The third-order valence-electron chi connectivity index (χ3n) is 4.14. The highest BCUT2D eigenvalue weighted by atomic mass is 32.2. The number of methoxy groups -OCH3 is 1. The molecule has 0 bridgehead atoms. The first-order valence-corrected chi connectivity index (χ1v) is 9.52. The van der Waals surface area contributed by atoms with Crippen LogP contribution >= 0.6 is 11.8 Å². The number of carbonyl (C=O) groups is 3. The van der Waals surface area contributed by atoms with Crippen LogP contribution in [0.25, 0.3) is 0 Å². The first kappa shape index (κ1) is 19.4. The first-order valence-electron chi connectivity index (χ1n) is 8.71. The van der Waals surface area contributed by atoms with Crippen LogP contribution in [0.15, 0.2) is 45.7 Å². The summed E-state index contributed by atoms with van der Waals surface area (Å²) >= 11 is 1.53. The molecule has 0 fully saturated rings. The molecule has 0 aromatic heterocycles. The smallest absolute Gasteiger partial charge is 0.305 e. The van der Waals surface area contributed by atoms with Crippen LogP contribution in [0.1, 0.15) is 51.4 Å². The molecule has 0 heterocycles. The van der Waals surface area contributed by atoms with Crippen LogP contribution in [0.3, 0.4) is 0 Å². The Morgan fingerprint density at radius 1 is 1.04 bits per heavy atom. The summed E-state index contributed by atoms with van der Waals surface area (Å²) in [5.74, 6) is -0.302. The molecule has 0 saturated heterocycles. The van der Waals surface area contributed by atoms with Gasteiger partial charge in [0.15, 0.2) is 11.6 Å². The van der Waals surface area contributed by atoms with Crippen molar-refractivity contribution >= 4 is 29.3 Å². The summed E-state index contributed by atoms with van der Waals surface area (Å²) in [6.45, 7) is 0. The Labute approximate surface area is 153 Å². The van der Waals surface area contributed by atoms with Gasteiger partial charge in [0, 0.05) is 29.1 Å². The van der Waals surface area contributed by atoms with Crippen LogP contribution in [0.4, 0.5) is 0 Å². The van der Waals surface area contributed by atoms with Crippen molar-refractivity contribution in [3.8, 4) is 0 Å². The lowest BCUT2D eigenvalue weighted by atomic mass is 9.92. The number of allylic oxidation sites excluding steroid dienone is 2. The van der Waals surface area contributed by atoms with Crippen LogP contribution in [-0.2, 0) is 19.1 Å². The SMILES string of the molecule is COC(=O)CCCCCC(=O)C1=C(Sc2ccccc2)CCCC1=O. The lowest BCUT2D eigenvalue weighted by molar-refractivity contribution is -0.140. The lowest BCUT2D eigenvalue weighted by Gasteiger charge is -2.18. The molecule has 0 unspecified atom stereocenters. The molecule has 0 spiro atoms. The third kappa shape index (κ3) is 6.16. The van der Waals surface area contributed by atoms with Gasteiger partial charge in [0.1, 0.15) is 0 Å². The number of unbranched alkanes of at least 4 members (excludes halogenated alkanes) is 2. The lowest BCUT2D eigenvalue weighted by Crippen LogP contribution is -2.18. The van der Waals surface area contributed by atoms with Gasteiger partial charge in [0.2, 0.25) is 0 Å². The number of thioether (sulfide) groups is 1. The highest BCUT2D eigenvalue weighted by Gasteiger charge is 2.26. The molecule has 0 N–H and O–H groups in total. The van der Waals surface area contributed by atoms with Crippen LogP contribution in [-0.4, -0.2) is 24.6 Å². The zero-order valence-corrected chi connectivity index (χ0v) is 15.4. The van der Waals surface area contributed by atoms with E-state index in [1.807, 2.05) is 30.3 Å². The molecule has 1 aromatic rings. The maximum absolute atomic E-state index is 12.6. The summed E-state index contributed by atoms with van der Waals surface area (Å²) in [7, 11) is 1.37. The summed E-state index contributed by atoms with van der Waals surface area (Å²) in [6, 6.07) is 9.84. The molecule has 0 saturated carbocycles. The normalized spacial score (nSPS) is 14.5. The van der Waals surface area contributed by atoms with E-state index in [0.717, 1.165) is 29.1 Å². The zero-order valence-electron chi connectivity index (χ0n) is 14.6. The van der Waals surface area contributed by atoms with Gasteiger partial charge in [0.25, 0.3) is 0 Å². The van der Waals surface area contributed by atoms with Crippen LogP contribution in [0.5, 0.6) is 0 Å². The minimum atomic E-state index is -0.224. The van der Waals surface area contributed by atoms with Gasteiger partial charge in [-0.15, -0.1) is 0 Å². The van der Waals surface area contributed by atoms with Gasteiger partial charge in [0.05, 0.1) is 12.7 Å². The number of benzene rings is 1. The quantitative estimate of drug-likeness (QED) is 0.369. The average Bonchev–Trinajstić information content (AvgIpc) is 2.62. The second-order valence-electron chi connectivity index (χ2n) is 6.05. The Hall–Kier alpha value is -1.88. The van der Waals surface area contributed by atoms with Crippen molar-refractivity contribution in [3.63, 3.8) is 0 Å². The van der Waals surface area contributed by atoms with Gasteiger partial charge < -0.3 is 4.74 Å². The molecule has 0 amide bonds. The van der Waals surface area contributed by atoms with Gasteiger partial charge in [-0.25, -0.2) is 0 Å². The summed E-state index contributed by atoms with van der Waals surface area (Å²) < 4.78 is 4.60. The van der Waals surface area contributed by atoms with Crippen molar-refractivity contribution in [2.24, 2.45) is 0 Å². The maximum Gasteiger partial charge on any atom is 0.305 e. The topological polar surface area (TPSA) is 60.4 Å². The number of rotatable bonds is 9. The fourth-order valence-electron chi connectivity index (χ4n) is 2.82. The van der Waals surface area contributed by atoms with E-state index in [0.29, 0.717) is 37.7 Å². The Morgan fingerprint density at radius 3 is 2.48 bits per heavy atom. The summed E-state index contributed by atoms with van der Waals surface area (Å²) in [4.78, 5) is 37.9. The molecule has 1 aliphatic rings. The number of carbonyl (C=O) groups excluding carboxylic acids is 3. The minimum absolute atomic E-state index is 0.0239. The van der Waals surface area contributed by atoms with Gasteiger partial charge in [-0.2, -0.15) is 0 Å². The number of esters is 1. The minimum Gasteiger partial charge on any atom is -0.469 e. The van der Waals surface area contributed by atoms with E-state index >= 15 is 0 Å². The van der Waals surface area contributed by atoms with Gasteiger partial charge >= 0.3 is 5.97 Å². The molecule has 0 atom stereocenters. The van der Waals surface area contributed by atoms with Crippen molar-refractivity contribution in [3.05, 3.63) is 40.8 Å². The van der Waals surface area contributed by atoms with E-state index in [1.165, 1.54) is 18.9 Å². The molecule has 4 nitrogen and oxygen atoms in total. The highest BCUT2D eigenvalue weighted by Crippen LogP contribution is 2.36. The van der Waals surface area contributed by atoms with E-state index < -0.39 is 0 Å². The second kappa shape index (κ2) is 10.2. The number of Topliss-reactive ketones (excluding diaryl/α,β-unsaturated/α-hetero) is 2. The van der Waals surface area contributed by atoms with Crippen LogP contribution in [0.2, 0.25) is 0 Å². The average molecular weight is 360 g/mol. The number of ether oxygens (including phenoxy) is 1. The standard InChI is InChI=1S/C20H24O4S/c1-24-19(23)14-7-3-6-11-16(21)20-17(22)12-8-13-18(20)25-15-9-4-2-5-10-15/h2,4-5,9-10H,3,6-8,11-14H2,1H3. The molecule has 0 aliphatic heterocycles. The molecule has 5 heteroatoms. The molecular formula is C20H24O4S. The Morgan fingerprint density at radius 2 is 1.76 bits per heavy atom. The highest BCUT2D eigenvalue weighted by molar-refractivity contribution is 8.03. The largest absolute Gasteiger partial charge is 0.469 e. The molecule has 1 aromatic carbocycles. The van der Waals surface area contributed by atoms with Gasteiger partial charge in [-0.1, -0.05) is 36.4 Å². The maximum atomic E-state index is 12.6. The van der Waals surface area contributed by atoms with E-state index in [9.17, 15) is 14.4 Å². The molecule has 0 radical (unpaired) electrons. The number of ketones is 2. The summed E-state index contributed by atoms with van der Waals surface area (Å²) in [6.07, 6.45) is 4.97. The van der Waals surface area contributed by atoms with Gasteiger partial charge in [-0.05, 0) is 37.8 Å². The Bertz CT molecular complexity index is 649. The predicted octanol–water partition coefficient (Wildman–Crippen LogP) is 4.48. The molecular weight excluding hydrogens is 336 g/mol. The summed E-state index contributed by atoms with van der Waals surface area (Å²) in [5.41, 5.74) is 0.410. The molecule has 1 aliphatic carbocycles. The van der Waals surface area contributed by atoms with E-state index in [4.69, 9.17) is 0 Å². The van der Waals surface area contributed by atoms with Crippen molar-refractivity contribution in [1.29, 1.82) is 0 Å². The molecule has 2 rings (SSSR count). The first-order chi connectivity index (χ1) is 12.1.